The van der Waals surface area contributed by atoms with Crippen molar-refractivity contribution < 1.29 is 9.53 Å². The van der Waals surface area contributed by atoms with Crippen LogP contribution in [-0.2, 0) is 31.0 Å². The number of ether oxygens (including phenoxy) is 1. The van der Waals surface area contributed by atoms with Gasteiger partial charge in [-0.05, 0) is 48.5 Å². The number of benzene rings is 3. The second-order valence-corrected chi connectivity index (χ2v) is 8.26. The maximum absolute atomic E-state index is 12.8. The zero-order valence-electron chi connectivity index (χ0n) is 19.9. The number of nitrogens with zero attached hydrogens (tertiary/aromatic N) is 3. The zero-order valence-corrected chi connectivity index (χ0v) is 19.9. The molecule has 0 radical (unpaired) electrons. The minimum absolute atomic E-state index is 0.0590. The Bertz CT molecular complexity index is 1200. The summed E-state index contributed by atoms with van der Waals surface area (Å²) in [5.41, 5.74) is 4.14. The fourth-order valence-electron chi connectivity index (χ4n) is 3.94. The van der Waals surface area contributed by atoms with E-state index in [1.165, 1.54) is 5.56 Å². The van der Waals surface area contributed by atoms with Gasteiger partial charge in [0.25, 0.3) is 0 Å². The van der Waals surface area contributed by atoms with Gasteiger partial charge < -0.3 is 14.6 Å². The van der Waals surface area contributed by atoms with Crippen molar-refractivity contribution in [3.05, 3.63) is 95.8 Å². The summed E-state index contributed by atoms with van der Waals surface area (Å²) in [6.07, 6.45) is 0. The number of imidazole rings is 1. The fourth-order valence-corrected chi connectivity index (χ4v) is 3.94. The van der Waals surface area contributed by atoms with E-state index in [4.69, 9.17) is 9.72 Å². The summed E-state index contributed by atoms with van der Waals surface area (Å²) in [6, 6.07) is 25.9. The van der Waals surface area contributed by atoms with E-state index in [2.05, 4.69) is 48.3 Å². The highest BCUT2D eigenvalue weighted by molar-refractivity contribution is 5.81. The minimum Gasteiger partial charge on any atom is -0.486 e. The maximum Gasteiger partial charge on any atom is 0.240 e. The van der Waals surface area contributed by atoms with Crippen LogP contribution in [0.25, 0.3) is 11.0 Å². The molecular weight excluding hydrogens is 424 g/mol. The lowest BCUT2D eigenvalue weighted by Gasteiger charge is -2.18. The van der Waals surface area contributed by atoms with Gasteiger partial charge in [0.2, 0.25) is 5.91 Å². The summed E-state index contributed by atoms with van der Waals surface area (Å²) in [5, 5.41) is 3.05. The quantitative estimate of drug-likeness (QED) is 0.353. The molecule has 0 saturated heterocycles. The van der Waals surface area contributed by atoms with Crippen molar-refractivity contribution in [3.63, 3.8) is 0 Å². The lowest BCUT2D eigenvalue weighted by Crippen LogP contribution is -2.28. The average molecular weight is 457 g/mol. The molecule has 4 rings (SSSR count). The van der Waals surface area contributed by atoms with Crippen molar-refractivity contribution in [1.29, 1.82) is 0 Å². The Morgan fingerprint density at radius 1 is 0.912 bits per heavy atom. The molecule has 0 unspecified atom stereocenters. The van der Waals surface area contributed by atoms with Crippen LogP contribution in [0.5, 0.6) is 5.75 Å². The third-order valence-corrected chi connectivity index (χ3v) is 5.96. The van der Waals surface area contributed by atoms with Crippen LogP contribution in [0, 0.1) is 0 Å². The molecule has 4 aromatic rings. The van der Waals surface area contributed by atoms with Crippen LogP contribution < -0.4 is 10.1 Å². The third-order valence-electron chi connectivity index (χ3n) is 5.96. The van der Waals surface area contributed by atoms with Crippen LogP contribution in [0.2, 0.25) is 0 Å². The van der Waals surface area contributed by atoms with Gasteiger partial charge in [0.05, 0.1) is 11.0 Å². The summed E-state index contributed by atoms with van der Waals surface area (Å²) >= 11 is 0. The summed E-state index contributed by atoms with van der Waals surface area (Å²) in [4.78, 5) is 19.9. The first-order valence-corrected chi connectivity index (χ1v) is 11.8. The summed E-state index contributed by atoms with van der Waals surface area (Å²) < 4.78 is 7.84. The van der Waals surface area contributed by atoms with Gasteiger partial charge in [0, 0.05) is 13.1 Å². The van der Waals surface area contributed by atoms with E-state index in [0.717, 1.165) is 47.8 Å². The van der Waals surface area contributed by atoms with Crippen LogP contribution in [-0.4, -0.2) is 33.4 Å². The molecule has 1 N–H and O–H groups in total. The predicted octanol–water partition coefficient (Wildman–Crippen LogP) is 4.77. The van der Waals surface area contributed by atoms with Gasteiger partial charge in [-0.2, -0.15) is 0 Å². The summed E-state index contributed by atoms with van der Waals surface area (Å²) in [7, 11) is 0. The van der Waals surface area contributed by atoms with Gasteiger partial charge in [0.1, 0.15) is 24.7 Å². The van der Waals surface area contributed by atoms with Crippen molar-refractivity contribution >= 4 is 16.9 Å². The number of amides is 1. The highest BCUT2D eigenvalue weighted by Gasteiger charge is 2.14. The number of carbonyl (C=O) groups excluding carboxylic acids is 1. The molecule has 0 saturated carbocycles. The first kappa shape index (κ1) is 23.5. The minimum atomic E-state index is -0.0590. The molecule has 176 valence electrons. The molecule has 0 spiro atoms. The largest absolute Gasteiger partial charge is 0.486 e. The van der Waals surface area contributed by atoms with Crippen LogP contribution in [0.3, 0.4) is 0 Å². The van der Waals surface area contributed by atoms with E-state index in [1.807, 2.05) is 59.2 Å². The Hall–Kier alpha value is -3.64. The number of carbonyl (C=O) groups is 1. The first-order valence-electron chi connectivity index (χ1n) is 11.8. The van der Waals surface area contributed by atoms with Gasteiger partial charge in [-0.15, -0.1) is 0 Å². The number of para-hydroxylation sites is 3. The van der Waals surface area contributed by atoms with E-state index in [1.54, 1.807) is 0 Å². The van der Waals surface area contributed by atoms with Crippen molar-refractivity contribution in [3.8, 4) is 5.75 Å². The Labute approximate surface area is 201 Å². The highest BCUT2D eigenvalue weighted by atomic mass is 16.5. The molecular formula is C28H32N4O2. The molecule has 0 bridgehead atoms. The smallest absolute Gasteiger partial charge is 0.240 e. The van der Waals surface area contributed by atoms with E-state index in [0.29, 0.717) is 13.2 Å². The Balaban J connectivity index is 1.39. The van der Waals surface area contributed by atoms with E-state index < -0.39 is 0 Å². The normalized spacial score (nSPS) is 11.1. The Morgan fingerprint density at radius 3 is 2.32 bits per heavy atom. The number of nitrogens with one attached hydrogen (secondary N) is 1. The van der Waals surface area contributed by atoms with Gasteiger partial charge in [0.15, 0.2) is 0 Å². The molecule has 6 nitrogen and oxygen atoms in total. The maximum atomic E-state index is 12.8. The fraction of sp³-hybridized carbons (Fsp3) is 0.286. The molecule has 1 heterocycles. The lowest BCUT2D eigenvalue weighted by molar-refractivity contribution is -0.121. The number of hydrogen-bond donors (Lipinski definition) is 1. The second-order valence-electron chi connectivity index (χ2n) is 8.26. The van der Waals surface area contributed by atoms with E-state index in [9.17, 15) is 4.79 Å². The number of fused-ring (bicyclic) bond motifs is 1. The Morgan fingerprint density at radius 2 is 1.59 bits per heavy atom. The third kappa shape index (κ3) is 6.02. The lowest BCUT2D eigenvalue weighted by atomic mass is 10.1. The number of aromatic nitrogens is 2. The monoisotopic (exact) mass is 456 g/mol. The molecule has 34 heavy (non-hydrogen) atoms. The van der Waals surface area contributed by atoms with E-state index >= 15 is 0 Å². The Kier molecular flexibility index (Phi) is 7.94. The second kappa shape index (κ2) is 11.5. The average Bonchev–Trinajstić information content (AvgIpc) is 3.23. The van der Waals surface area contributed by atoms with Crippen molar-refractivity contribution in [1.82, 2.24) is 19.8 Å². The zero-order chi connectivity index (χ0) is 23.8. The molecule has 1 amide bonds. The molecule has 0 fully saturated rings. The molecule has 0 aliphatic carbocycles. The number of hydrogen-bond acceptors (Lipinski definition) is 4. The standard InChI is InChI=1S/C28H32N4O2/c1-3-31(4-2)19-23-16-14-22(15-17-23)18-29-28(33)20-32-26-13-9-8-12-25(26)30-27(32)21-34-24-10-6-5-7-11-24/h5-17H,3-4,18-21H2,1-2H3,(H,29,33). The topological polar surface area (TPSA) is 59.4 Å². The van der Waals surface area contributed by atoms with Crippen LogP contribution in [0.1, 0.15) is 30.8 Å². The molecule has 6 heteroatoms. The summed E-state index contributed by atoms with van der Waals surface area (Å²) in [5.74, 6) is 1.44. The van der Waals surface area contributed by atoms with Gasteiger partial charge in [-0.1, -0.05) is 68.4 Å². The van der Waals surface area contributed by atoms with Crippen LogP contribution in [0.4, 0.5) is 0 Å². The molecule has 3 aromatic carbocycles. The molecule has 0 atom stereocenters. The number of rotatable bonds is 11. The van der Waals surface area contributed by atoms with Crippen molar-refractivity contribution in [2.45, 2.75) is 40.1 Å². The van der Waals surface area contributed by atoms with Crippen molar-refractivity contribution in [2.75, 3.05) is 13.1 Å². The van der Waals surface area contributed by atoms with Gasteiger partial charge >= 0.3 is 0 Å². The molecule has 0 aliphatic rings. The SMILES string of the molecule is CCN(CC)Cc1ccc(CNC(=O)Cn2c(COc3ccccc3)nc3ccccc32)cc1. The molecule has 0 aliphatic heterocycles. The molecule has 1 aromatic heterocycles. The van der Waals surface area contributed by atoms with Crippen LogP contribution >= 0.6 is 0 Å². The van der Waals surface area contributed by atoms with Gasteiger partial charge in [-0.25, -0.2) is 4.98 Å². The van der Waals surface area contributed by atoms with Gasteiger partial charge in [-0.3, -0.25) is 9.69 Å². The highest BCUT2D eigenvalue weighted by Crippen LogP contribution is 2.18. The van der Waals surface area contributed by atoms with E-state index in [-0.39, 0.29) is 12.5 Å². The van der Waals surface area contributed by atoms with Crippen LogP contribution in [0.15, 0.2) is 78.9 Å². The predicted molar refractivity (Wildman–Crippen MR) is 135 cm³/mol. The first-order chi connectivity index (χ1) is 16.7. The van der Waals surface area contributed by atoms with Crippen molar-refractivity contribution in [2.24, 2.45) is 0 Å². The summed E-state index contributed by atoms with van der Waals surface area (Å²) in [6.45, 7) is 8.35.